The minimum absolute atomic E-state index is 0.227. The molecule has 1 aromatic rings. The molecular weight excluding hydrogens is 236 g/mol. The summed E-state index contributed by atoms with van der Waals surface area (Å²) in [6.07, 6.45) is 6.54. The van der Waals surface area contributed by atoms with Crippen LogP contribution in [0.4, 0.5) is 0 Å². The molecule has 1 fully saturated rings. The van der Waals surface area contributed by atoms with Gasteiger partial charge in [-0.2, -0.15) is 0 Å². The van der Waals surface area contributed by atoms with Crippen LogP contribution in [-0.4, -0.2) is 39.6 Å². The van der Waals surface area contributed by atoms with E-state index in [4.69, 9.17) is 0 Å². The van der Waals surface area contributed by atoms with Gasteiger partial charge in [-0.1, -0.05) is 0 Å². The largest absolute Gasteiger partial charge is 0.337 e. The van der Waals surface area contributed by atoms with E-state index in [2.05, 4.69) is 47.6 Å². The molecule has 0 saturated carbocycles. The van der Waals surface area contributed by atoms with Crippen molar-refractivity contribution in [3.63, 3.8) is 0 Å². The second kappa shape index (κ2) is 6.06. The van der Waals surface area contributed by atoms with Gasteiger partial charge in [-0.25, -0.2) is 4.98 Å². The molecule has 0 radical (unpaired) electrons. The number of likely N-dealkylation sites (tertiary alicyclic amines) is 1. The molecule has 1 aliphatic heterocycles. The predicted octanol–water partition coefficient (Wildman–Crippen LogP) is 2.02. The van der Waals surface area contributed by atoms with Crippen LogP contribution >= 0.6 is 0 Å². The minimum atomic E-state index is 0.227. The molecule has 108 valence electrons. The molecule has 4 nitrogen and oxygen atoms in total. The molecular formula is C15H28N4. The lowest BCUT2D eigenvalue weighted by Crippen LogP contribution is -2.44. The number of piperidine rings is 1. The van der Waals surface area contributed by atoms with Gasteiger partial charge in [0.05, 0.1) is 12.0 Å². The Bertz CT molecular complexity index is 391. The molecule has 19 heavy (non-hydrogen) atoms. The summed E-state index contributed by atoms with van der Waals surface area (Å²) in [5.74, 6) is 0.779. The Labute approximate surface area is 117 Å². The molecule has 2 rings (SSSR count). The first-order valence-electron chi connectivity index (χ1n) is 7.36. The number of hydrogen-bond donors (Lipinski definition) is 1. The average molecular weight is 264 g/mol. The summed E-state index contributed by atoms with van der Waals surface area (Å²) >= 11 is 0. The van der Waals surface area contributed by atoms with Crippen molar-refractivity contribution in [2.75, 3.05) is 19.6 Å². The monoisotopic (exact) mass is 264 g/mol. The van der Waals surface area contributed by atoms with E-state index in [9.17, 15) is 0 Å². The normalized spacial score (nSPS) is 21.8. The smallest absolute Gasteiger partial charge is 0.0945 e. The van der Waals surface area contributed by atoms with Gasteiger partial charge < -0.3 is 9.88 Å². The fourth-order valence-electron chi connectivity index (χ4n) is 2.68. The number of rotatable bonds is 4. The van der Waals surface area contributed by atoms with Crippen LogP contribution in [0.3, 0.4) is 0 Å². The van der Waals surface area contributed by atoms with E-state index >= 15 is 0 Å². The van der Waals surface area contributed by atoms with Crippen LogP contribution in [0.5, 0.6) is 0 Å². The fourth-order valence-corrected chi connectivity index (χ4v) is 2.68. The van der Waals surface area contributed by atoms with E-state index in [0.29, 0.717) is 0 Å². The van der Waals surface area contributed by atoms with Crippen LogP contribution in [0.15, 0.2) is 12.5 Å². The SMILES string of the molecule is Cn1cncc1CN1CCCC(CNC(C)(C)C)C1. The molecule has 1 unspecified atom stereocenters. The van der Waals surface area contributed by atoms with Crippen LogP contribution < -0.4 is 5.32 Å². The molecule has 0 bridgehead atoms. The number of aromatic nitrogens is 2. The Morgan fingerprint density at radius 1 is 1.42 bits per heavy atom. The molecule has 0 amide bonds. The highest BCUT2D eigenvalue weighted by atomic mass is 15.2. The highest BCUT2D eigenvalue weighted by Gasteiger charge is 2.22. The third-order valence-electron chi connectivity index (χ3n) is 3.83. The van der Waals surface area contributed by atoms with Crippen LogP contribution in [0.2, 0.25) is 0 Å². The van der Waals surface area contributed by atoms with Crippen molar-refractivity contribution in [3.05, 3.63) is 18.2 Å². The zero-order valence-electron chi connectivity index (χ0n) is 12.8. The second-order valence-corrected chi connectivity index (χ2v) is 6.87. The average Bonchev–Trinajstić information content (AvgIpc) is 2.72. The summed E-state index contributed by atoms with van der Waals surface area (Å²) in [7, 11) is 2.07. The predicted molar refractivity (Wildman–Crippen MR) is 79.0 cm³/mol. The quantitative estimate of drug-likeness (QED) is 0.903. The Morgan fingerprint density at radius 2 is 2.21 bits per heavy atom. The zero-order chi connectivity index (χ0) is 13.9. The van der Waals surface area contributed by atoms with Crippen molar-refractivity contribution in [1.29, 1.82) is 0 Å². The molecule has 1 aliphatic rings. The van der Waals surface area contributed by atoms with Gasteiger partial charge in [-0.15, -0.1) is 0 Å². The summed E-state index contributed by atoms with van der Waals surface area (Å²) in [4.78, 5) is 6.76. The zero-order valence-corrected chi connectivity index (χ0v) is 12.8. The van der Waals surface area contributed by atoms with Gasteiger partial charge in [0.15, 0.2) is 0 Å². The molecule has 1 N–H and O–H groups in total. The van der Waals surface area contributed by atoms with Crippen LogP contribution in [-0.2, 0) is 13.6 Å². The summed E-state index contributed by atoms with van der Waals surface area (Å²) < 4.78 is 2.12. The molecule has 1 saturated heterocycles. The highest BCUT2D eigenvalue weighted by molar-refractivity contribution is 4.97. The van der Waals surface area contributed by atoms with E-state index in [1.54, 1.807) is 0 Å². The summed E-state index contributed by atoms with van der Waals surface area (Å²) in [5.41, 5.74) is 1.54. The van der Waals surface area contributed by atoms with Crippen molar-refractivity contribution in [1.82, 2.24) is 19.8 Å². The lowest BCUT2D eigenvalue weighted by atomic mass is 9.96. The van der Waals surface area contributed by atoms with Gasteiger partial charge >= 0.3 is 0 Å². The van der Waals surface area contributed by atoms with Gasteiger partial charge in [-0.05, 0) is 52.6 Å². The highest BCUT2D eigenvalue weighted by Crippen LogP contribution is 2.18. The molecule has 0 aliphatic carbocycles. The van der Waals surface area contributed by atoms with Crippen LogP contribution in [0.1, 0.15) is 39.3 Å². The van der Waals surface area contributed by atoms with E-state index in [1.807, 2.05) is 12.5 Å². The van der Waals surface area contributed by atoms with Gasteiger partial charge in [-0.3, -0.25) is 4.90 Å². The first-order chi connectivity index (χ1) is 8.94. The van der Waals surface area contributed by atoms with Crippen LogP contribution in [0.25, 0.3) is 0 Å². The summed E-state index contributed by atoms with van der Waals surface area (Å²) in [6.45, 7) is 11.3. The third-order valence-corrected chi connectivity index (χ3v) is 3.83. The van der Waals surface area contributed by atoms with E-state index in [-0.39, 0.29) is 5.54 Å². The van der Waals surface area contributed by atoms with Gasteiger partial charge in [0.2, 0.25) is 0 Å². The maximum atomic E-state index is 4.20. The molecule has 4 heteroatoms. The van der Waals surface area contributed by atoms with E-state index < -0.39 is 0 Å². The van der Waals surface area contributed by atoms with Crippen molar-refractivity contribution in [3.8, 4) is 0 Å². The van der Waals surface area contributed by atoms with Crippen molar-refractivity contribution in [2.45, 2.75) is 45.7 Å². The molecule has 0 aromatic carbocycles. The van der Waals surface area contributed by atoms with Gasteiger partial charge in [0.25, 0.3) is 0 Å². The first-order valence-corrected chi connectivity index (χ1v) is 7.36. The van der Waals surface area contributed by atoms with E-state index in [0.717, 1.165) is 19.0 Å². The number of nitrogens with zero attached hydrogens (tertiary/aromatic N) is 3. The minimum Gasteiger partial charge on any atom is -0.337 e. The Hall–Kier alpha value is -0.870. The lowest BCUT2D eigenvalue weighted by molar-refractivity contribution is 0.157. The first kappa shape index (κ1) is 14.5. The second-order valence-electron chi connectivity index (χ2n) is 6.87. The van der Waals surface area contributed by atoms with Gasteiger partial charge in [0.1, 0.15) is 0 Å². The van der Waals surface area contributed by atoms with Crippen molar-refractivity contribution < 1.29 is 0 Å². The Balaban J connectivity index is 1.82. The topological polar surface area (TPSA) is 33.1 Å². The summed E-state index contributed by atoms with van der Waals surface area (Å²) in [6, 6.07) is 0. The number of hydrogen-bond acceptors (Lipinski definition) is 3. The summed E-state index contributed by atoms with van der Waals surface area (Å²) in [5, 5.41) is 3.64. The maximum absolute atomic E-state index is 4.20. The molecule has 2 heterocycles. The fraction of sp³-hybridized carbons (Fsp3) is 0.800. The maximum Gasteiger partial charge on any atom is 0.0945 e. The standard InChI is InChI=1S/C15H28N4/c1-15(2,3)17-8-13-6-5-7-19(10-13)11-14-9-16-12-18(14)4/h9,12-13,17H,5-8,10-11H2,1-4H3. The van der Waals surface area contributed by atoms with Gasteiger partial charge in [0, 0.05) is 31.9 Å². The number of imidazole rings is 1. The number of nitrogens with one attached hydrogen (secondary N) is 1. The number of aryl methyl sites for hydroxylation is 1. The Kier molecular flexibility index (Phi) is 4.63. The Morgan fingerprint density at radius 3 is 2.84 bits per heavy atom. The molecule has 0 spiro atoms. The molecule has 1 atom stereocenters. The molecule has 1 aromatic heterocycles. The third kappa shape index (κ3) is 4.62. The van der Waals surface area contributed by atoms with Crippen molar-refractivity contribution in [2.24, 2.45) is 13.0 Å². The lowest BCUT2D eigenvalue weighted by Gasteiger charge is -2.34. The van der Waals surface area contributed by atoms with Crippen LogP contribution in [0, 0.1) is 5.92 Å². The van der Waals surface area contributed by atoms with E-state index in [1.165, 1.54) is 31.6 Å². The van der Waals surface area contributed by atoms with Crippen molar-refractivity contribution >= 4 is 0 Å².